The van der Waals surface area contributed by atoms with Crippen molar-refractivity contribution in [3.8, 4) is 0 Å². The van der Waals surface area contributed by atoms with Gasteiger partial charge in [-0.1, -0.05) is 0 Å². The van der Waals surface area contributed by atoms with Crippen LogP contribution in [0.25, 0.3) is 0 Å². The molecule has 2 aromatic rings. The lowest BCUT2D eigenvalue weighted by molar-refractivity contribution is 0.0691. The van der Waals surface area contributed by atoms with Gasteiger partial charge in [0.05, 0.1) is 23.4 Å². The minimum Gasteiger partial charge on any atom is -0.476 e. The number of thiazole rings is 1. The number of carbonyl (C=O) groups is 1. The lowest BCUT2D eigenvalue weighted by atomic mass is 10.2. The van der Waals surface area contributed by atoms with Crippen LogP contribution in [0.2, 0.25) is 0 Å². The smallest absolute Gasteiger partial charge is 0.356 e. The van der Waals surface area contributed by atoms with Crippen LogP contribution in [0.1, 0.15) is 16.2 Å². The van der Waals surface area contributed by atoms with Crippen molar-refractivity contribution in [1.82, 2.24) is 9.97 Å². The summed E-state index contributed by atoms with van der Waals surface area (Å²) >= 11 is 1.52. The van der Waals surface area contributed by atoms with Gasteiger partial charge in [0.25, 0.3) is 0 Å². The molecule has 0 aliphatic heterocycles. The van der Waals surface area contributed by atoms with Crippen LogP contribution in [0.3, 0.4) is 0 Å². The number of aromatic nitrogens is 2. The molecular weight excluding hydrogens is 238 g/mol. The predicted octanol–water partition coefficient (Wildman–Crippen LogP) is 1.87. The highest BCUT2D eigenvalue weighted by molar-refractivity contribution is 7.07. The van der Waals surface area contributed by atoms with Crippen LogP contribution in [-0.4, -0.2) is 28.1 Å². The molecule has 88 valence electrons. The molecule has 1 N–H and O–H groups in total. The third-order valence-corrected chi connectivity index (χ3v) is 2.92. The lowest BCUT2D eigenvalue weighted by Crippen LogP contribution is -2.20. The Morgan fingerprint density at radius 1 is 1.53 bits per heavy atom. The van der Waals surface area contributed by atoms with Gasteiger partial charge in [-0.05, 0) is 12.1 Å². The molecule has 17 heavy (non-hydrogen) atoms. The summed E-state index contributed by atoms with van der Waals surface area (Å²) < 4.78 is 0. The summed E-state index contributed by atoms with van der Waals surface area (Å²) in [6, 6.07) is 3.46. The van der Waals surface area contributed by atoms with Crippen LogP contribution in [0, 0.1) is 0 Å². The number of hydrogen-bond donors (Lipinski definition) is 1. The summed E-state index contributed by atoms with van der Waals surface area (Å²) in [5.41, 5.74) is 3.32. The topological polar surface area (TPSA) is 66.3 Å². The number of rotatable bonds is 4. The maximum Gasteiger partial charge on any atom is 0.356 e. The van der Waals surface area contributed by atoms with Crippen molar-refractivity contribution in [3.05, 3.63) is 40.6 Å². The summed E-state index contributed by atoms with van der Waals surface area (Å²) in [6.45, 7) is 0.565. The predicted molar refractivity (Wildman–Crippen MR) is 65.4 cm³/mol. The van der Waals surface area contributed by atoms with E-state index in [4.69, 9.17) is 5.11 Å². The first-order valence-corrected chi connectivity index (χ1v) is 5.89. The second-order valence-electron chi connectivity index (χ2n) is 3.51. The van der Waals surface area contributed by atoms with E-state index in [-0.39, 0.29) is 5.69 Å². The summed E-state index contributed by atoms with van der Waals surface area (Å²) in [7, 11) is 1.82. The van der Waals surface area contributed by atoms with Crippen molar-refractivity contribution >= 4 is 23.0 Å². The third kappa shape index (κ3) is 2.59. The van der Waals surface area contributed by atoms with E-state index in [0.717, 1.165) is 5.69 Å². The van der Waals surface area contributed by atoms with E-state index in [1.807, 2.05) is 17.3 Å². The molecule has 0 aliphatic carbocycles. The van der Waals surface area contributed by atoms with Crippen molar-refractivity contribution in [2.45, 2.75) is 6.54 Å². The average Bonchev–Trinajstić information content (AvgIpc) is 2.81. The fourth-order valence-corrected chi connectivity index (χ4v) is 2.06. The van der Waals surface area contributed by atoms with Crippen molar-refractivity contribution in [3.63, 3.8) is 0 Å². The molecule has 0 bridgehead atoms. The Balaban J connectivity index is 2.24. The Morgan fingerprint density at radius 3 is 3.00 bits per heavy atom. The number of carboxylic acids is 1. The van der Waals surface area contributed by atoms with E-state index < -0.39 is 5.97 Å². The number of pyridine rings is 1. The Bertz CT molecular complexity index is 513. The second kappa shape index (κ2) is 4.92. The monoisotopic (exact) mass is 249 g/mol. The van der Waals surface area contributed by atoms with E-state index in [2.05, 4.69) is 9.97 Å². The van der Waals surface area contributed by atoms with Gasteiger partial charge in [-0.15, -0.1) is 11.3 Å². The lowest BCUT2D eigenvalue weighted by Gasteiger charge is -2.19. The molecule has 6 heteroatoms. The van der Waals surface area contributed by atoms with Gasteiger partial charge in [-0.25, -0.2) is 14.8 Å². The Morgan fingerprint density at radius 2 is 2.35 bits per heavy atom. The number of hydrogen-bond acceptors (Lipinski definition) is 5. The standard InChI is InChI=1S/C11H11N3O2S/c1-14(5-8-6-17-7-13-8)9-3-2-4-12-10(9)11(15)16/h2-4,6-7H,5H2,1H3,(H,15,16). The third-order valence-electron chi connectivity index (χ3n) is 2.28. The van der Waals surface area contributed by atoms with Crippen molar-refractivity contribution < 1.29 is 9.90 Å². The molecule has 0 aliphatic rings. The highest BCUT2D eigenvalue weighted by Gasteiger charge is 2.14. The number of aromatic carboxylic acids is 1. The van der Waals surface area contributed by atoms with Gasteiger partial charge in [0.2, 0.25) is 0 Å². The molecule has 2 aromatic heterocycles. The first-order valence-electron chi connectivity index (χ1n) is 4.95. The van der Waals surface area contributed by atoms with Crippen LogP contribution in [-0.2, 0) is 6.54 Å². The maximum absolute atomic E-state index is 11.0. The van der Waals surface area contributed by atoms with Gasteiger partial charge in [0, 0.05) is 18.6 Å². The van der Waals surface area contributed by atoms with E-state index in [9.17, 15) is 4.79 Å². The van der Waals surface area contributed by atoms with E-state index in [0.29, 0.717) is 12.2 Å². The quantitative estimate of drug-likeness (QED) is 0.896. The Kier molecular flexibility index (Phi) is 3.34. The van der Waals surface area contributed by atoms with Crippen molar-refractivity contribution in [2.24, 2.45) is 0 Å². The van der Waals surface area contributed by atoms with E-state index >= 15 is 0 Å². The summed E-state index contributed by atoms with van der Waals surface area (Å²) in [4.78, 5) is 20.9. The maximum atomic E-state index is 11.0. The molecule has 0 spiro atoms. The highest BCUT2D eigenvalue weighted by Crippen LogP contribution is 2.18. The fraction of sp³-hybridized carbons (Fsp3) is 0.182. The molecule has 0 radical (unpaired) electrons. The van der Waals surface area contributed by atoms with E-state index in [1.165, 1.54) is 17.5 Å². The Labute approximate surface area is 102 Å². The fourth-order valence-electron chi connectivity index (χ4n) is 1.51. The molecule has 0 aromatic carbocycles. The minimum atomic E-state index is -1.02. The SMILES string of the molecule is CN(Cc1cscn1)c1cccnc1C(=O)O. The second-order valence-corrected chi connectivity index (χ2v) is 4.23. The summed E-state index contributed by atoms with van der Waals surface area (Å²) in [6.07, 6.45) is 1.48. The average molecular weight is 249 g/mol. The molecule has 2 heterocycles. The van der Waals surface area contributed by atoms with Crippen LogP contribution < -0.4 is 4.90 Å². The molecule has 0 saturated carbocycles. The zero-order chi connectivity index (χ0) is 12.3. The molecule has 0 amide bonds. The van der Waals surface area contributed by atoms with Crippen LogP contribution in [0.4, 0.5) is 5.69 Å². The minimum absolute atomic E-state index is 0.0604. The zero-order valence-electron chi connectivity index (χ0n) is 9.20. The normalized spacial score (nSPS) is 10.2. The molecule has 0 saturated heterocycles. The summed E-state index contributed by atoms with van der Waals surface area (Å²) in [5.74, 6) is -1.02. The van der Waals surface area contributed by atoms with Crippen LogP contribution >= 0.6 is 11.3 Å². The molecular formula is C11H11N3O2S. The molecule has 2 rings (SSSR count). The number of carboxylic acid groups (broad SMARTS) is 1. The van der Waals surface area contributed by atoms with Gasteiger partial charge < -0.3 is 10.0 Å². The molecule has 5 nitrogen and oxygen atoms in total. The first kappa shape index (κ1) is 11.5. The Hall–Kier alpha value is -1.95. The van der Waals surface area contributed by atoms with Crippen molar-refractivity contribution in [1.29, 1.82) is 0 Å². The first-order chi connectivity index (χ1) is 8.18. The number of anilines is 1. The molecule has 0 atom stereocenters. The van der Waals surface area contributed by atoms with E-state index in [1.54, 1.807) is 17.6 Å². The zero-order valence-corrected chi connectivity index (χ0v) is 10.0. The van der Waals surface area contributed by atoms with Crippen LogP contribution in [0.15, 0.2) is 29.2 Å². The summed E-state index contributed by atoms with van der Waals surface area (Å²) in [5, 5.41) is 11.0. The molecule has 0 unspecified atom stereocenters. The van der Waals surface area contributed by atoms with Crippen molar-refractivity contribution in [2.75, 3.05) is 11.9 Å². The van der Waals surface area contributed by atoms with Gasteiger partial charge in [-0.2, -0.15) is 0 Å². The van der Waals surface area contributed by atoms with Gasteiger partial charge in [0.15, 0.2) is 5.69 Å². The van der Waals surface area contributed by atoms with Gasteiger partial charge in [-0.3, -0.25) is 0 Å². The highest BCUT2D eigenvalue weighted by atomic mass is 32.1. The number of nitrogens with zero attached hydrogens (tertiary/aromatic N) is 3. The largest absolute Gasteiger partial charge is 0.476 e. The van der Waals surface area contributed by atoms with Gasteiger partial charge in [0.1, 0.15) is 0 Å². The molecule has 0 fully saturated rings. The van der Waals surface area contributed by atoms with Gasteiger partial charge >= 0.3 is 5.97 Å². The van der Waals surface area contributed by atoms with Crippen LogP contribution in [0.5, 0.6) is 0 Å².